The third-order valence-corrected chi connectivity index (χ3v) is 6.52. The van der Waals surface area contributed by atoms with Gasteiger partial charge in [0, 0.05) is 12.0 Å². The Morgan fingerprint density at radius 2 is 1.66 bits per heavy atom. The van der Waals surface area contributed by atoms with Gasteiger partial charge in [-0.2, -0.15) is 0 Å². The quantitative estimate of drug-likeness (QED) is 0.614. The molecule has 3 N–H and O–H groups in total. The number of amides is 2. The first-order valence-corrected chi connectivity index (χ1v) is 11.1. The van der Waals surface area contributed by atoms with E-state index in [1.54, 1.807) is 6.92 Å². The summed E-state index contributed by atoms with van der Waals surface area (Å²) in [5.41, 5.74) is 4.60. The maximum Gasteiger partial charge on any atom is 0.407 e. The monoisotopic (exact) mass is 436 g/mol. The first-order valence-electron chi connectivity index (χ1n) is 11.1. The van der Waals surface area contributed by atoms with E-state index in [0.717, 1.165) is 28.7 Å². The highest BCUT2D eigenvalue weighted by molar-refractivity contribution is 5.86. The van der Waals surface area contributed by atoms with Gasteiger partial charge in [0.05, 0.1) is 5.92 Å². The minimum Gasteiger partial charge on any atom is -0.480 e. The summed E-state index contributed by atoms with van der Waals surface area (Å²) in [4.78, 5) is 36.4. The van der Waals surface area contributed by atoms with Crippen molar-refractivity contribution in [1.29, 1.82) is 0 Å². The van der Waals surface area contributed by atoms with Gasteiger partial charge in [-0.15, -0.1) is 0 Å². The van der Waals surface area contributed by atoms with Crippen molar-refractivity contribution in [2.75, 3.05) is 6.61 Å². The first-order chi connectivity index (χ1) is 15.5. The van der Waals surface area contributed by atoms with Crippen molar-refractivity contribution in [2.24, 2.45) is 5.92 Å². The molecule has 2 aliphatic rings. The minimum atomic E-state index is -1.06. The molecule has 4 rings (SSSR count). The topological polar surface area (TPSA) is 105 Å². The van der Waals surface area contributed by atoms with E-state index in [1.807, 2.05) is 24.3 Å². The highest BCUT2D eigenvalue weighted by atomic mass is 16.5. The number of hydrogen-bond acceptors (Lipinski definition) is 4. The Labute approximate surface area is 187 Å². The molecule has 0 unspecified atom stereocenters. The molecule has 32 heavy (non-hydrogen) atoms. The summed E-state index contributed by atoms with van der Waals surface area (Å²) in [6.45, 7) is 1.92. The van der Waals surface area contributed by atoms with Crippen molar-refractivity contribution in [2.45, 2.75) is 50.6 Å². The van der Waals surface area contributed by atoms with Crippen LogP contribution in [0, 0.1) is 5.92 Å². The van der Waals surface area contributed by atoms with Crippen LogP contribution in [0.15, 0.2) is 48.5 Å². The van der Waals surface area contributed by atoms with Gasteiger partial charge < -0.3 is 20.5 Å². The molecule has 1 fully saturated rings. The Kier molecular flexibility index (Phi) is 6.44. The van der Waals surface area contributed by atoms with Gasteiger partial charge in [0.2, 0.25) is 5.91 Å². The molecule has 2 amide bonds. The zero-order valence-electron chi connectivity index (χ0n) is 18.0. The summed E-state index contributed by atoms with van der Waals surface area (Å²) in [5.74, 6) is -1.87. The molecule has 0 spiro atoms. The number of benzene rings is 2. The molecule has 2 aromatic carbocycles. The summed E-state index contributed by atoms with van der Waals surface area (Å²) in [7, 11) is 0. The molecule has 0 aromatic heterocycles. The Morgan fingerprint density at radius 1 is 1.03 bits per heavy atom. The smallest absolute Gasteiger partial charge is 0.407 e. The Bertz CT molecular complexity index is 975. The Hall–Kier alpha value is -3.35. The van der Waals surface area contributed by atoms with Crippen molar-refractivity contribution in [3.05, 3.63) is 59.7 Å². The number of nitrogens with one attached hydrogen (secondary N) is 2. The van der Waals surface area contributed by atoms with Gasteiger partial charge >= 0.3 is 12.1 Å². The normalized spacial score (nSPS) is 20.2. The van der Waals surface area contributed by atoms with Crippen LogP contribution in [0.4, 0.5) is 4.79 Å². The number of hydrogen-bond donors (Lipinski definition) is 3. The molecule has 168 valence electrons. The Morgan fingerprint density at radius 3 is 2.25 bits per heavy atom. The fourth-order valence-corrected chi connectivity index (χ4v) is 4.86. The molecule has 7 nitrogen and oxygen atoms in total. The zero-order valence-corrected chi connectivity index (χ0v) is 18.0. The van der Waals surface area contributed by atoms with Crippen molar-refractivity contribution in [1.82, 2.24) is 10.6 Å². The third-order valence-electron chi connectivity index (χ3n) is 6.52. The van der Waals surface area contributed by atoms with Crippen LogP contribution in [-0.4, -0.2) is 41.8 Å². The van der Waals surface area contributed by atoms with Crippen LogP contribution < -0.4 is 10.6 Å². The van der Waals surface area contributed by atoms with Gasteiger partial charge in [-0.25, -0.2) is 9.59 Å². The van der Waals surface area contributed by atoms with Gasteiger partial charge in [0.15, 0.2) is 0 Å². The van der Waals surface area contributed by atoms with Crippen LogP contribution >= 0.6 is 0 Å². The predicted octanol–water partition coefficient (Wildman–Crippen LogP) is 3.67. The fraction of sp³-hybridized carbons (Fsp3) is 0.400. The molecule has 3 atom stereocenters. The van der Waals surface area contributed by atoms with Gasteiger partial charge in [0.25, 0.3) is 0 Å². The largest absolute Gasteiger partial charge is 0.480 e. The Balaban J connectivity index is 1.37. The van der Waals surface area contributed by atoms with Gasteiger partial charge in [-0.1, -0.05) is 61.9 Å². The van der Waals surface area contributed by atoms with E-state index in [-0.39, 0.29) is 24.5 Å². The molecular weight excluding hydrogens is 408 g/mol. The highest BCUT2D eigenvalue weighted by Gasteiger charge is 2.36. The van der Waals surface area contributed by atoms with Crippen LogP contribution in [0.5, 0.6) is 0 Å². The number of alkyl carbamates (subject to hydrolysis) is 1. The predicted molar refractivity (Wildman–Crippen MR) is 119 cm³/mol. The van der Waals surface area contributed by atoms with Gasteiger partial charge in [-0.3, -0.25) is 4.79 Å². The lowest BCUT2D eigenvalue weighted by atomic mass is 9.98. The molecule has 2 aromatic rings. The van der Waals surface area contributed by atoms with Gasteiger partial charge in [0.1, 0.15) is 12.6 Å². The summed E-state index contributed by atoms with van der Waals surface area (Å²) in [6, 6.07) is 15.0. The van der Waals surface area contributed by atoms with Crippen molar-refractivity contribution >= 4 is 18.0 Å². The van der Waals surface area contributed by atoms with Gasteiger partial charge in [-0.05, 0) is 41.5 Å². The average molecular weight is 437 g/mol. The number of aliphatic carboxylic acids is 1. The van der Waals surface area contributed by atoms with Crippen molar-refractivity contribution < 1.29 is 24.2 Å². The molecule has 0 radical (unpaired) electrons. The van der Waals surface area contributed by atoms with Crippen molar-refractivity contribution in [3.8, 4) is 11.1 Å². The zero-order chi connectivity index (χ0) is 22.7. The number of carbonyl (C=O) groups excluding carboxylic acids is 2. The average Bonchev–Trinajstić information content (AvgIpc) is 3.38. The molecule has 0 bridgehead atoms. The van der Waals surface area contributed by atoms with Crippen LogP contribution in [0.25, 0.3) is 11.1 Å². The minimum absolute atomic E-state index is 0.0308. The summed E-state index contributed by atoms with van der Waals surface area (Å²) in [5, 5.41) is 14.6. The van der Waals surface area contributed by atoms with E-state index >= 15 is 0 Å². The fourth-order valence-electron chi connectivity index (χ4n) is 4.86. The molecular formula is C25H28N2O5. The lowest BCUT2D eigenvalue weighted by Gasteiger charge is -2.22. The summed E-state index contributed by atoms with van der Waals surface area (Å²) in [6.07, 6.45) is 1.80. The van der Waals surface area contributed by atoms with E-state index < -0.39 is 24.0 Å². The van der Waals surface area contributed by atoms with Crippen molar-refractivity contribution in [3.63, 3.8) is 0 Å². The van der Waals surface area contributed by atoms with Crippen LogP contribution in [-0.2, 0) is 14.3 Å². The second-order valence-electron chi connectivity index (χ2n) is 8.42. The molecule has 7 heteroatoms. The third kappa shape index (κ3) is 4.33. The van der Waals surface area contributed by atoms with Crippen LogP contribution in [0.1, 0.15) is 49.7 Å². The molecule has 0 aliphatic heterocycles. The maximum atomic E-state index is 12.6. The number of carbonyl (C=O) groups is 3. The van der Waals surface area contributed by atoms with E-state index in [1.165, 1.54) is 0 Å². The van der Waals surface area contributed by atoms with E-state index in [2.05, 4.69) is 34.9 Å². The van der Waals surface area contributed by atoms with E-state index in [9.17, 15) is 19.5 Å². The maximum absolute atomic E-state index is 12.6. The SMILES string of the molecule is CC[C@H](NC(=O)[C@H]1CCC[C@H]1NC(=O)OCC1c2ccccc2-c2ccccc21)C(=O)O. The molecule has 2 aliphatic carbocycles. The second-order valence-corrected chi connectivity index (χ2v) is 8.42. The number of rotatable bonds is 7. The van der Waals surface area contributed by atoms with Crippen LogP contribution in [0.2, 0.25) is 0 Å². The lowest BCUT2D eigenvalue weighted by Crippen LogP contribution is -2.48. The number of ether oxygens (including phenoxy) is 1. The molecule has 1 saturated carbocycles. The lowest BCUT2D eigenvalue weighted by molar-refractivity contribution is -0.142. The number of carboxylic acid groups (broad SMARTS) is 1. The van der Waals surface area contributed by atoms with Crippen LogP contribution in [0.3, 0.4) is 0 Å². The second kappa shape index (κ2) is 9.42. The molecule has 0 heterocycles. The first kappa shape index (κ1) is 21.9. The number of fused-ring (bicyclic) bond motifs is 3. The van der Waals surface area contributed by atoms with E-state index in [4.69, 9.17) is 4.74 Å². The number of carboxylic acids is 1. The summed E-state index contributed by atoms with van der Waals surface area (Å²) >= 11 is 0. The molecule has 0 saturated heterocycles. The standard InChI is InChI=1S/C25H28N2O5/c1-2-21(24(29)30)26-23(28)19-12-7-13-22(19)27-25(31)32-14-20-17-10-5-3-8-15(17)16-9-4-6-11-18(16)20/h3-6,8-11,19-22H,2,7,12-14H2,1H3,(H,26,28)(H,27,31)(H,29,30)/t19-,21-,22+/m0/s1. The highest BCUT2D eigenvalue weighted by Crippen LogP contribution is 2.44. The summed E-state index contributed by atoms with van der Waals surface area (Å²) < 4.78 is 5.59. The van der Waals surface area contributed by atoms with E-state index in [0.29, 0.717) is 19.3 Å².